The molecule has 0 saturated carbocycles. The molecule has 1 aliphatic heterocycles. The second-order valence-corrected chi connectivity index (χ2v) is 2.84. The number of ether oxygens (including phenoxy) is 2. The largest absolute Gasteiger partial charge is 0.377 e. The van der Waals surface area contributed by atoms with Crippen LogP contribution in [0.5, 0.6) is 0 Å². The van der Waals surface area contributed by atoms with Crippen molar-refractivity contribution in [3.05, 3.63) is 42.5 Å². The van der Waals surface area contributed by atoms with Crippen LogP contribution < -0.4 is 0 Å². The number of hydrogen-bond donors (Lipinski definition) is 0. The van der Waals surface area contributed by atoms with E-state index in [-0.39, 0.29) is 0 Å². The van der Waals surface area contributed by atoms with E-state index in [1.54, 1.807) is 0 Å². The van der Waals surface area contributed by atoms with Gasteiger partial charge in [0.05, 0.1) is 26.4 Å². The minimum atomic E-state index is 0.778. The molecule has 0 unspecified atom stereocenters. The van der Waals surface area contributed by atoms with Crippen LogP contribution in [0.15, 0.2) is 36.9 Å². The van der Waals surface area contributed by atoms with Crippen molar-refractivity contribution >= 4 is 6.08 Å². The lowest BCUT2D eigenvalue weighted by atomic mass is 10.2. The molecule has 0 atom stereocenters. The maximum absolute atomic E-state index is 4.94. The fraction of sp³-hybridized carbons (Fsp3) is 0.333. The van der Waals surface area contributed by atoms with Crippen LogP contribution in [0.3, 0.4) is 0 Å². The zero-order valence-electron chi connectivity index (χ0n) is 8.32. The van der Waals surface area contributed by atoms with Gasteiger partial charge in [-0.05, 0) is 5.56 Å². The minimum absolute atomic E-state index is 0.778. The van der Waals surface area contributed by atoms with Gasteiger partial charge >= 0.3 is 0 Å². The Hall–Kier alpha value is -1.12. The van der Waals surface area contributed by atoms with E-state index in [2.05, 4.69) is 6.58 Å². The highest BCUT2D eigenvalue weighted by atomic mass is 16.6. The molecule has 0 aliphatic carbocycles. The Labute approximate surface area is 85.2 Å². The zero-order valence-corrected chi connectivity index (χ0v) is 8.32. The summed E-state index contributed by atoms with van der Waals surface area (Å²) in [6.07, 6.45) is 1.83. The second kappa shape index (κ2) is 7.30. The Kier molecular flexibility index (Phi) is 5.71. The summed E-state index contributed by atoms with van der Waals surface area (Å²) in [6, 6.07) is 10.0. The van der Waals surface area contributed by atoms with Crippen LogP contribution in [0.4, 0.5) is 0 Å². The van der Waals surface area contributed by atoms with Crippen LogP contribution >= 0.6 is 0 Å². The van der Waals surface area contributed by atoms with Crippen LogP contribution in [0.2, 0.25) is 0 Å². The van der Waals surface area contributed by atoms with Gasteiger partial charge in [0, 0.05) is 0 Å². The second-order valence-electron chi connectivity index (χ2n) is 2.84. The molecular weight excluding hydrogens is 176 g/mol. The summed E-state index contributed by atoms with van der Waals surface area (Å²) in [6.45, 7) is 6.74. The van der Waals surface area contributed by atoms with Crippen LogP contribution in [0.25, 0.3) is 6.08 Å². The topological polar surface area (TPSA) is 18.5 Å². The van der Waals surface area contributed by atoms with Gasteiger partial charge in [-0.1, -0.05) is 43.0 Å². The van der Waals surface area contributed by atoms with Gasteiger partial charge in [-0.2, -0.15) is 0 Å². The van der Waals surface area contributed by atoms with Crippen molar-refractivity contribution in [3.8, 4) is 0 Å². The summed E-state index contributed by atoms with van der Waals surface area (Å²) in [5, 5.41) is 0. The SMILES string of the molecule is C1COCCO1.C=Cc1ccccc1. The highest BCUT2D eigenvalue weighted by Gasteiger charge is 1.94. The van der Waals surface area contributed by atoms with E-state index in [1.165, 1.54) is 5.56 Å². The number of rotatable bonds is 1. The Morgan fingerprint density at radius 2 is 1.43 bits per heavy atom. The fourth-order valence-corrected chi connectivity index (χ4v) is 1.03. The first-order chi connectivity index (χ1) is 6.93. The molecule has 1 saturated heterocycles. The normalized spacial score (nSPS) is 15.1. The van der Waals surface area contributed by atoms with Crippen LogP contribution in [-0.2, 0) is 9.47 Å². The molecule has 76 valence electrons. The lowest BCUT2D eigenvalue weighted by Crippen LogP contribution is -2.16. The molecule has 2 rings (SSSR count). The molecule has 1 aliphatic rings. The molecule has 14 heavy (non-hydrogen) atoms. The summed E-state index contributed by atoms with van der Waals surface area (Å²) in [5.74, 6) is 0. The first kappa shape index (κ1) is 11.0. The summed E-state index contributed by atoms with van der Waals surface area (Å²) in [5.41, 5.74) is 1.17. The molecule has 1 fully saturated rings. The third kappa shape index (κ3) is 4.80. The molecule has 2 nitrogen and oxygen atoms in total. The van der Waals surface area contributed by atoms with E-state index in [0.717, 1.165) is 26.4 Å². The van der Waals surface area contributed by atoms with Crippen molar-refractivity contribution in [1.82, 2.24) is 0 Å². The van der Waals surface area contributed by atoms with E-state index in [1.807, 2.05) is 36.4 Å². The van der Waals surface area contributed by atoms with Gasteiger partial charge in [0.15, 0.2) is 0 Å². The lowest BCUT2D eigenvalue weighted by Gasteiger charge is -2.09. The Morgan fingerprint density at radius 3 is 1.71 bits per heavy atom. The van der Waals surface area contributed by atoms with Gasteiger partial charge in [0.1, 0.15) is 0 Å². The van der Waals surface area contributed by atoms with E-state index in [9.17, 15) is 0 Å². The highest BCUT2D eigenvalue weighted by Crippen LogP contribution is 1.97. The third-order valence-corrected chi connectivity index (χ3v) is 1.78. The Balaban J connectivity index is 0.000000146. The lowest BCUT2D eigenvalue weighted by molar-refractivity contribution is -0.0334. The number of hydrogen-bond acceptors (Lipinski definition) is 2. The maximum Gasteiger partial charge on any atom is 0.0701 e. The monoisotopic (exact) mass is 192 g/mol. The first-order valence-corrected chi connectivity index (χ1v) is 4.76. The predicted octanol–water partition coefficient (Wildman–Crippen LogP) is 2.36. The molecule has 0 N–H and O–H groups in total. The molecular formula is C12H16O2. The van der Waals surface area contributed by atoms with Crippen molar-refractivity contribution < 1.29 is 9.47 Å². The van der Waals surface area contributed by atoms with Crippen LogP contribution in [0, 0.1) is 0 Å². The average molecular weight is 192 g/mol. The molecule has 1 aromatic rings. The first-order valence-electron chi connectivity index (χ1n) is 4.76. The molecule has 0 bridgehead atoms. The van der Waals surface area contributed by atoms with E-state index in [0.29, 0.717) is 0 Å². The van der Waals surface area contributed by atoms with E-state index >= 15 is 0 Å². The van der Waals surface area contributed by atoms with Gasteiger partial charge in [-0.25, -0.2) is 0 Å². The van der Waals surface area contributed by atoms with Crippen molar-refractivity contribution in [1.29, 1.82) is 0 Å². The minimum Gasteiger partial charge on any atom is -0.377 e. The van der Waals surface area contributed by atoms with Gasteiger partial charge in [-0.3, -0.25) is 0 Å². The third-order valence-electron chi connectivity index (χ3n) is 1.78. The number of benzene rings is 1. The summed E-state index contributed by atoms with van der Waals surface area (Å²) in [4.78, 5) is 0. The van der Waals surface area contributed by atoms with Crippen LogP contribution in [-0.4, -0.2) is 26.4 Å². The van der Waals surface area contributed by atoms with Gasteiger partial charge in [0.2, 0.25) is 0 Å². The summed E-state index contributed by atoms with van der Waals surface area (Å²) < 4.78 is 9.89. The average Bonchev–Trinajstić information content (AvgIpc) is 2.33. The molecule has 1 aromatic carbocycles. The standard InChI is InChI=1S/C8H8.C4H8O2/c1-2-8-6-4-3-5-7-8;1-2-6-4-3-5-1/h2-7H,1H2;1-4H2. The van der Waals surface area contributed by atoms with E-state index in [4.69, 9.17) is 9.47 Å². The molecule has 1 heterocycles. The molecule has 0 spiro atoms. The Bertz CT molecular complexity index is 228. The van der Waals surface area contributed by atoms with Gasteiger partial charge in [0.25, 0.3) is 0 Å². The Morgan fingerprint density at radius 1 is 0.929 bits per heavy atom. The predicted molar refractivity (Wildman–Crippen MR) is 58.2 cm³/mol. The zero-order chi connectivity index (χ0) is 10.1. The van der Waals surface area contributed by atoms with Crippen LogP contribution in [0.1, 0.15) is 5.56 Å². The summed E-state index contributed by atoms with van der Waals surface area (Å²) >= 11 is 0. The fourth-order valence-electron chi connectivity index (χ4n) is 1.03. The van der Waals surface area contributed by atoms with Gasteiger partial charge < -0.3 is 9.47 Å². The van der Waals surface area contributed by atoms with Gasteiger partial charge in [-0.15, -0.1) is 0 Å². The van der Waals surface area contributed by atoms with Crippen molar-refractivity contribution in [3.63, 3.8) is 0 Å². The van der Waals surface area contributed by atoms with Crippen molar-refractivity contribution in [2.45, 2.75) is 0 Å². The molecule has 0 radical (unpaired) electrons. The van der Waals surface area contributed by atoms with Crippen molar-refractivity contribution in [2.24, 2.45) is 0 Å². The van der Waals surface area contributed by atoms with Crippen molar-refractivity contribution in [2.75, 3.05) is 26.4 Å². The van der Waals surface area contributed by atoms with E-state index < -0.39 is 0 Å². The maximum atomic E-state index is 4.94. The summed E-state index contributed by atoms with van der Waals surface area (Å²) in [7, 11) is 0. The quantitative estimate of drug-likeness (QED) is 0.680. The highest BCUT2D eigenvalue weighted by molar-refractivity contribution is 5.45. The molecule has 0 amide bonds. The smallest absolute Gasteiger partial charge is 0.0701 e. The molecule has 2 heteroatoms. The molecule has 0 aromatic heterocycles.